The number of likely N-dealkylation sites (tertiary alicyclic amines) is 1. The number of benzene rings is 1. The summed E-state index contributed by atoms with van der Waals surface area (Å²) in [6, 6.07) is 10.2. The third-order valence-electron chi connectivity index (χ3n) is 3.62. The summed E-state index contributed by atoms with van der Waals surface area (Å²) < 4.78 is 1.17. The standard InChI is InChI=1S/C15H18N2OS/c1-10-6-12(16)9-17(8-10)15(18)14-7-11-4-2-3-5-13(11)19-14/h2-5,7,10,12H,6,8-9,16H2,1H3. The molecule has 2 N–H and O–H groups in total. The summed E-state index contributed by atoms with van der Waals surface area (Å²) in [6.07, 6.45) is 1.01. The van der Waals surface area contributed by atoms with E-state index in [9.17, 15) is 4.79 Å². The number of nitrogens with two attached hydrogens (primary N) is 1. The second-order valence-corrected chi connectivity index (χ2v) is 6.54. The van der Waals surface area contributed by atoms with Crippen LogP contribution in [0.1, 0.15) is 23.0 Å². The Kier molecular flexibility index (Phi) is 3.29. The minimum Gasteiger partial charge on any atom is -0.336 e. The molecule has 3 rings (SSSR count). The maximum Gasteiger partial charge on any atom is 0.264 e. The lowest BCUT2D eigenvalue weighted by Gasteiger charge is -2.34. The molecule has 1 aliphatic heterocycles. The summed E-state index contributed by atoms with van der Waals surface area (Å²) in [6.45, 7) is 3.66. The van der Waals surface area contributed by atoms with E-state index in [2.05, 4.69) is 13.0 Å². The molecule has 0 bridgehead atoms. The molecule has 1 saturated heterocycles. The lowest BCUT2D eigenvalue weighted by Crippen LogP contribution is -2.48. The zero-order chi connectivity index (χ0) is 13.4. The molecule has 2 heterocycles. The molecule has 3 nitrogen and oxygen atoms in total. The van der Waals surface area contributed by atoms with E-state index in [-0.39, 0.29) is 11.9 Å². The molecule has 0 saturated carbocycles. The number of piperidine rings is 1. The summed E-state index contributed by atoms with van der Waals surface area (Å²) in [5.41, 5.74) is 6.02. The molecular weight excluding hydrogens is 256 g/mol. The third kappa shape index (κ3) is 2.51. The summed E-state index contributed by atoms with van der Waals surface area (Å²) in [5.74, 6) is 0.616. The number of hydrogen-bond donors (Lipinski definition) is 1. The van der Waals surface area contributed by atoms with Crippen molar-refractivity contribution in [3.8, 4) is 0 Å². The fourth-order valence-corrected chi connectivity index (χ4v) is 3.84. The fraction of sp³-hybridized carbons (Fsp3) is 0.400. The van der Waals surface area contributed by atoms with Crippen LogP contribution in [0.15, 0.2) is 30.3 Å². The van der Waals surface area contributed by atoms with E-state index in [0.29, 0.717) is 12.5 Å². The fourth-order valence-electron chi connectivity index (χ4n) is 2.81. The van der Waals surface area contributed by atoms with Crippen molar-refractivity contribution in [2.45, 2.75) is 19.4 Å². The van der Waals surface area contributed by atoms with Gasteiger partial charge >= 0.3 is 0 Å². The second kappa shape index (κ2) is 4.94. The number of thiophene rings is 1. The predicted molar refractivity (Wildman–Crippen MR) is 79.5 cm³/mol. The average molecular weight is 274 g/mol. The Morgan fingerprint density at radius 1 is 1.37 bits per heavy atom. The summed E-state index contributed by atoms with van der Waals surface area (Å²) in [5, 5.41) is 1.14. The Bertz CT molecular complexity index is 564. The smallest absolute Gasteiger partial charge is 0.264 e. The van der Waals surface area contributed by atoms with E-state index in [1.54, 1.807) is 11.3 Å². The van der Waals surface area contributed by atoms with Crippen LogP contribution in [0.4, 0.5) is 0 Å². The first kappa shape index (κ1) is 12.6. The van der Waals surface area contributed by atoms with Gasteiger partial charge in [0.2, 0.25) is 0 Å². The highest BCUT2D eigenvalue weighted by molar-refractivity contribution is 7.20. The first-order chi connectivity index (χ1) is 9.13. The van der Waals surface area contributed by atoms with Crippen LogP contribution in [0.5, 0.6) is 0 Å². The summed E-state index contributed by atoms with van der Waals surface area (Å²) in [7, 11) is 0. The van der Waals surface area contributed by atoms with Gasteiger partial charge in [-0.15, -0.1) is 11.3 Å². The Labute approximate surface area is 117 Å². The van der Waals surface area contributed by atoms with Crippen LogP contribution >= 0.6 is 11.3 Å². The lowest BCUT2D eigenvalue weighted by molar-refractivity contribution is 0.0666. The molecule has 2 atom stereocenters. The molecule has 100 valence electrons. The van der Waals surface area contributed by atoms with Crippen LogP contribution in [-0.2, 0) is 0 Å². The minimum absolute atomic E-state index is 0.113. The number of carbonyl (C=O) groups excluding carboxylic acids is 1. The number of carbonyl (C=O) groups is 1. The predicted octanol–water partition coefficient (Wildman–Crippen LogP) is 2.71. The maximum absolute atomic E-state index is 12.5. The van der Waals surface area contributed by atoms with Gasteiger partial charge in [-0.3, -0.25) is 4.79 Å². The molecule has 2 unspecified atom stereocenters. The van der Waals surface area contributed by atoms with Gasteiger partial charge in [0.1, 0.15) is 0 Å². The van der Waals surface area contributed by atoms with E-state index >= 15 is 0 Å². The topological polar surface area (TPSA) is 46.3 Å². The first-order valence-electron chi connectivity index (χ1n) is 6.67. The van der Waals surface area contributed by atoms with Crippen LogP contribution in [0.25, 0.3) is 10.1 Å². The molecule has 1 amide bonds. The maximum atomic E-state index is 12.5. The first-order valence-corrected chi connectivity index (χ1v) is 7.48. The third-order valence-corrected chi connectivity index (χ3v) is 4.72. The molecule has 1 aromatic heterocycles. The Balaban J connectivity index is 1.86. The molecule has 4 heteroatoms. The molecule has 1 aromatic carbocycles. The van der Waals surface area contributed by atoms with Crippen molar-refractivity contribution in [2.75, 3.05) is 13.1 Å². The van der Waals surface area contributed by atoms with Gasteiger partial charge in [-0.25, -0.2) is 0 Å². The average Bonchev–Trinajstić information content (AvgIpc) is 2.80. The van der Waals surface area contributed by atoms with Crippen molar-refractivity contribution in [3.63, 3.8) is 0 Å². The number of nitrogens with zero attached hydrogens (tertiary/aromatic N) is 1. The van der Waals surface area contributed by atoms with Crippen molar-refractivity contribution in [3.05, 3.63) is 35.2 Å². The largest absolute Gasteiger partial charge is 0.336 e. The molecule has 0 aliphatic carbocycles. The van der Waals surface area contributed by atoms with Gasteiger partial charge in [-0.1, -0.05) is 25.1 Å². The minimum atomic E-state index is 0.113. The van der Waals surface area contributed by atoms with Crippen LogP contribution in [-0.4, -0.2) is 29.9 Å². The zero-order valence-corrected chi connectivity index (χ0v) is 11.8. The normalized spacial score (nSPS) is 23.8. The van der Waals surface area contributed by atoms with Gasteiger partial charge in [0, 0.05) is 23.8 Å². The van der Waals surface area contributed by atoms with Gasteiger partial charge in [0.05, 0.1) is 4.88 Å². The monoisotopic (exact) mass is 274 g/mol. The summed E-state index contributed by atoms with van der Waals surface area (Å²) in [4.78, 5) is 15.3. The van der Waals surface area contributed by atoms with E-state index in [1.807, 2.05) is 29.2 Å². The molecule has 0 spiro atoms. The Morgan fingerprint density at radius 3 is 2.89 bits per heavy atom. The van der Waals surface area contributed by atoms with Crippen LogP contribution < -0.4 is 5.73 Å². The van der Waals surface area contributed by atoms with Crippen LogP contribution in [0.2, 0.25) is 0 Å². The quantitative estimate of drug-likeness (QED) is 0.869. The van der Waals surface area contributed by atoms with Crippen molar-refractivity contribution in [2.24, 2.45) is 11.7 Å². The Morgan fingerprint density at radius 2 is 2.16 bits per heavy atom. The van der Waals surface area contributed by atoms with Crippen molar-refractivity contribution >= 4 is 27.3 Å². The van der Waals surface area contributed by atoms with Gasteiger partial charge in [0.15, 0.2) is 0 Å². The molecule has 0 radical (unpaired) electrons. The lowest BCUT2D eigenvalue weighted by atomic mass is 9.96. The van der Waals surface area contributed by atoms with E-state index in [4.69, 9.17) is 5.73 Å². The second-order valence-electron chi connectivity index (χ2n) is 5.46. The number of amides is 1. The van der Waals surface area contributed by atoms with Gasteiger partial charge < -0.3 is 10.6 Å². The highest BCUT2D eigenvalue weighted by Gasteiger charge is 2.27. The number of hydrogen-bond acceptors (Lipinski definition) is 3. The summed E-state index contributed by atoms with van der Waals surface area (Å²) >= 11 is 1.57. The Hall–Kier alpha value is -1.39. The van der Waals surface area contributed by atoms with E-state index in [1.165, 1.54) is 4.70 Å². The van der Waals surface area contributed by atoms with Crippen molar-refractivity contribution in [1.29, 1.82) is 0 Å². The molecule has 19 heavy (non-hydrogen) atoms. The van der Waals surface area contributed by atoms with Gasteiger partial charge in [-0.05, 0) is 29.9 Å². The molecule has 2 aromatic rings. The van der Waals surface area contributed by atoms with Gasteiger partial charge in [-0.2, -0.15) is 0 Å². The molecule has 1 aliphatic rings. The SMILES string of the molecule is CC1CC(N)CN(C(=O)c2cc3ccccc3s2)C1. The van der Waals surface area contributed by atoms with Crippen molar-refractivity contribution in [1.82, 2.24) is 4.90 Å². The van der Waals surface area contributed by atoms with Crippen LogP contribution in [0.3, 0.4) is 0 Å². The number of fused-ring (bicyclic) bond motifs is 1. The van der Waals surface area contributed by atoms with Gasteiger partial charge in [0.25, 0.3) is 5.91 Å². The number of rotatable bonds is 1. The van der Waals surface area contributed by atoms with E-state index in [0.717, 1.165) is 23.2 Å². The van der Waals surface area contributed by atoms with E-state index < -0.39 is 0 Å². The highest BCUT2D eigenvalue weighted by Crippen LogP contribution is 2.27. The molecular formula is C15H18N2OS. The van der Waals surface area contributed by atoms with Crippen molar-refractivity contribution < 1.29 is 4.79 Å². The molecule has 1 fully saturated rings. The zero-order valence-electron chi connectivity index (χ0n) is 11.0. The highest BCUT2D eigenvalue weighted by atomic mass is 32.1. The van der Waals surface area contributed by atoms with Crippen LogP contribution in [0, 0.1) is 5.92 Å².